The van der Waals surface area contributed by atoms with Crippen LogP contribution in [0.15, 0.2) is 47.0 Å². The molecule has 3 atom stereocenters. The van der Waals surface area contributed by atoms with Crippen LogP contribution in [0.2, 0.25) is 0 Å². The van der Waals surface area contributed by atoms with Crippen molar-refractivity contribution < 1.29 is 14.0 Å². The Bertz CT molecular complexity index is 1030. The van der Waals surface area contributed by atoms with E-state index in [0.29, 0.717) is 17.4 Å². The van der Waals surface area contributed by atoms with E-state index in [0.717, 1.165) is 50.0 Å². The summed E-state index contributed by atoms with van der Waals surface area (Å²) in [4.78, 5) is 2.45. The Balaban J connectivity index is 1.29. The summed E-state index contributed by atoms with van der Waals surface area (Å²) >= 11 is 0. The molecule has 0 radical (unpaired) electrons. The fourth-order valence-electron chi connectivity index (χ4n) is 5.40. The molecule has 0 aliphatic carbocycles. The zero-order valence-corrected chi connectivity index (χ0v) is 17.2. The maximum Gasteiger partial charge on any atom is 0.170 e. The summed E-state index contributed by atoms with van der Waals surface area (Å²) in [6, 6.07) is 13.2. The van der Waals surface area contributed by atoms with Crippen molar-refractivity contribution in [2.75, 3.05) is 25.0 Å². The summed E-state index contributed by atoms with van der Waals surface area (Å²) in [5.74, 6) is 0.364. The van der Waals surface area contributed by atoms with Gasteiger partial charge in [0.2, 0.25) is 0 Å². The molecule has 1 aromatic heterocycles. The molecule has 0 bridgehead atoms. The molecule has 2 aromatic carbocycles. The summed E-state index contributed by atoms with van der Waals surface area (Å²) in [5, 5.41) is 19.4. The number of nitrogens with zero attached hydrogens (tertiary/aromatic N) is 2. The van der Waals surface area contributed by atoms with Crippen LogP contribution < -0.4 is 5.32 Å². The van der Waals surface area contributed by atoms with Crippen molar-refractivity contribution in [2.24, 2.45) is 5.92 Å². The molecule has 0 spiro atoms. The number of benzene rings is 2. The SMILES string of the molecule is CC(O)C(C1CNc2ccccc2C1)N1CCC(c2noc3cc(F)ccc23)CC1. The number of hydrogen-bond acceptors (Lipinski definition) is 5. The third-order valence-corrected chi connectivity index (χ3v) is 6.83. The number of hydrogen-bond donors (Lipinski definition) is 2. The van der Waals surface area contributed by atoms with Gasteiger partial charge in [0.15, 0.2) is 5.58 Å². The molecule has 6 heteroatoms. The van der Waals surface area contributed by atoms with Crippen LogP contribution in [-0.2, 0) is 6.42 Å². The second kappa shape index (κ2) is 8.00. The second-order valence-electron chi connectivity index (χ2n) is 8.75. The second-order valence-corrected chi connectivity index (χ2v) is 8.75. The molecule has 158 valence electrons. The lowest BCUT2D eigenvalue weighted by molar-refractivity contribution is 0.0143. The minimum Gasteiger partial charge on any atom is -0.392 e. The number of aliphatic hydroxyl groups excluding tert-OH is 1. The van der Waals surface area contributed by atoms with Crippen LogP contribution in [0.4, 0.5) is 10.1 Å². The molecule has 1 fully saturated rings. The number of aliphatic hydroxyl groups is 1. The molecule has 3 heterocycles. The Labute approximate surface area is 175 Å². The highest BCUT2D eigenvalue weighted by molar-refractivity contribution is 5.79. The first kappa shape index (κ1) is 19.5. The number of para-hydroxylation sites is 1. The average molecular weight is 410 g/mol. The van der Waals surface area contributed by atoms with E-state index in [-0.39, 0.29) is 11.9 Å². The van der Waals surface area contributed by atoms with Gasteiger partial charge in [-0.1, -0.05) is 23.4 Å². The summed E-state index contributed by atoms with van der Waals surface area (Å²) in [6.07, 6.45) is 2.50. The number of aromatic nitrogens is 1. The smallest absolute Gasteiger partial charge is 0.170 e. The fourth-order valence-corrected chi connectivity index (χ4v) is 5.40. The molecule has 2 aliphatic rings. The van der Waals surface area contributed by atoms with E-state index in [1.165, 1.54) is 23.4 Å². The lowest BCUT2D eigenvalue weighted by Gasteiger charge is -2.44. The van der Waals surface area contributed by atoms with Crippen LogP contribution in [0.5, 0.6) is 0 Å². The number of rotatable bonds is 4. The van der Waals surface area contributed by atoms with Gasteiger partial charge in [-0.3, -0.25) is 4.90 Å². The van der Waals surface area contributed by atoms with E-state index in [1.54, 1.807) is 6.07 Å². The first-order valence-electron chi connectivity index (χ1n) is 10.9. The normalized spacial score (nSPS) is 22.4. The molecule has 0 saturated carbocycles. The van der Waals surface area contributed by atoms with Gasteiger partial charge in [0.05, 0.1) is 11.8 Å². The summed E-state index contributed by atoms with van der Waals surface area (Å²) in [7, 11) is 0. The van der Waals surface area contributed by atoms with Gasteiger partial charge >= 0.3 is 0 Å². The van der Waals surface area contributed by atoms with Crippen molar-refractivity contribution in [3.8, 4) is 0 Å². The summed E-state index contributed by atoms with van der Waals surface area (Å²) in [5.41, 5.74) is 3.99. The Morgan fingerprint density at radius 2 is 2.00 bits per heavy atom. The fraction of sp³-hybridized carbons (Fsp3) is 0.458. The predicted molar refractivity (Wildman–Crippen MR) is 115 cm³/mol. The van der Waals surface area contributed by atoms with Crippen molar-refractivity contribution in [3.63, 3.8) is 0 Å². The van der Waals surface area contributed by atoms with E-state index >= 15 is 0 Å². The molecule has 5 rings (SSSR count). The molecule has 3 unspecified atom stereocenters. The summed E-state index contributed by atoms with van der Waals surface area (Å²) < 4.78 is 18.8. The van der Waals surface area contributed by atoms with Gasteiger partial charge in [0.25, 0.3) is 0 Å². The van der Waals surface area contributed by atoms with Gasteiger partial charge in [-0.2, -0.15) is 0 Å². The zero-order valence-electron chi connectivity index (χ0n) is 17.2. The topological polar surface area (TPSA) is 61.5 Å². The first-order valence-corrected chi connectivity index (χ1v) is 10.9. The third-order valence-electron chi connectivity index (χ3n) is 6.83. The van der Waals surface area contributed by atoms with Crippen LogP contribution in [0.1, 0.15) is 36.9 Å². The van der Waals surface area contributed by atoms with Crippen molar-refractivity contribution in [3.05, 3.63) is 59.5 Å². The molecule has 1 saturated heterocycles. The third kappa shape index (κ3) is 3.59. The van der Waals surface area contributed by atoms with Crippen LogP contribution in [0, 0.1) is 11.7 Å². The van der Waals surface area contributed by atoms with Gasteiger partial charge in [0, 0.05) is 35.6 Å². The van der Waals surface area contributed by atoms with Gasteiger partial charge < -0.3 is 14.9 Å². The van der Waals surface area contributed by atoms with Crippen LogP contribution in [0.3, 0.4) is 0 Å². The monoisotopic (exact) mass is 409 g/mol. The Morgan fingerprint density at radius 3 is 2.80 bits per heavy atom. The number of fused-ring (bicyclic) bond motifs is 2. The molecule has 0 amide bonds. The standard InChI is InChI=1S/C24H28FN3O2/c1-15(29)24(18-12-17-4-2-3-5-21(17)26-14-18)28-10-8-16(9-11-28)23-20-7-6-19(25)13-22(20)30-27-23/h2-7,13,15-16,18,24,26,29H,8-12,14H2,1H3. The number of nitrogens with one attached hydrogen (secondary N) is 1. The first-order chi connectivity index (χ1) is 14.6. The van der Waals surface area contributed by atoms with Gasteiger partial charge in [-0.25, -0.2) is 4.39 Å². The molecular weight excluding hydrogens is 381 g/mol. The molecule has 2 N–H and O–H groups in total. The molecule has 5 nitrogen and oxygen atoms in total. The minimum atomic E-state index is -0.394. The lowest BCUT2D eigenvalue weighted by Crippen LogP contribution is -2.53. The van der Waals surface area contributed by atoms with E-state index < -0.39 is 6.10 Å². The predicted octanol–water partition coefficient (Wildman–Crippen LogP) is 4.18. The van der Waals surface area contributed by atoms with Gasteiger partial charge in [-0.05, 0) is 69.0 Å². The number of halogens is 1. The Morgan fingerprint density at radius 1 is 1.20 bits per heavy atom. The van der Waals surface area contributed by atoms with Crippen molar-refractivity contribution in [1.82, 2.24) is 10.1 Å². The van der Waals surface area contributed by atoms with E-state index in [9.17, 15) is 9.50 Å². The highest BCUT2D eigenvalue weighted by Crippen LogP contribution is 2.36. The maximum absolute atomic E-state index is 13.5. The minimum absolute atomic E-state index is 0.120. The van der Waals surface area contributed by atoms with Crippen LogP contribution in [-0.4, -0.2) is 46.9 Å². The molecule has 3 aromatic rings. The number of likely N-dealkylation sites (tertiary alicyclic amines) is 1. The van der Waals surface area contributed by atoms with Crippen molar-refractivity contribution >= 4 is 16.7 Å². The number of piperidine rings is 1. The quantitative estimate of drug-likeness (QED) is 0.677. The van der Waals surface area contributed by atoms with E-state index in [1.807, 2.05) is 6.92 Å². The van der Waals surface area contributed by atoms with Crippen LogP contribution >= 0.6 is 0 Å². The Kier molecular flexibility index (Phi) is 5.21. The number of anilines is 1. The van der Waals surface area contributed by atoms with Crippen molar-refractivity contribution in [1.29, 1.82) is 0 Å². The highest BCUT2D eigenvalue weighted by atomic mass is 19.1. The lowest BCUT2D eigenvalue weighted by atomic mass is 9.83. The van der Waals surface area contributed by atoms with Crippen LogP contribution in [0.25, 0.3) is 11.0 Å². The largest absolute Gasteiger partial charge is 0.392 e. The molecule has 2 aliphatic heterocycles. The van der Waals surface area contributed by atoms with Crippen molar-refractivity contribution in [2.45, 2.75) is 44.2 Å². The average Bonchev–Trinajstić information content (AvgIpc) is 3.17. The zero-order chi connectivity index (χ0) is 20.7. The molecule has 30 heavy (non-hydrogen) atoms. The Hall–Kier alpha value is -2.44. The maximum atomic E-state index is 13.5. The molecular formula is C24H28FN3O2. The van der Waals surface area contributed by atoms with Gasteiger partial charge in [-0.15, -0.1) is 0 Å². The van der Waals surface area contributed by atoms with Gasteiger partial charge in [0.1, 0.15) is 5.82 Å². The summed E-state index contributed by atoms with van der Waals surface area (Å²) in [6.45, 7) is 4.62. The van der Waals surface area contributed by atoms with E-state index in [2.05, 4.69) is 39.6 Å². The highest BCUT2D eigenvalue weighted by Gasteiger charge is 2.36. The van der Waals surface area contributed by atoms with E-state index in [4.69, 9.17) is 4.52 Å².